The van der Waals surface area contributed by atoms with Crippen LogP contribution in [-0.2, 0) is 26.0 Å². The number of benzene rings is 4. The van der Waals surface area contributed by atoms with Crippen LogP contribution in [0, 0.1) is 6.92 Å². The van der Waals surface area contributed by atoms with Crippen LogP contribution in [0.1, 0.15) is 40.7 Å². The van der Waals surface area contributed by atoms with E-state index in [9.17, 15) is 22.8 Å². The molecule has 0 unspecified atom stereocenters. The van der Waals surface area contributed by atoms with Crippen LogP contribution in [0.4, 0.5) is 0 Å². The second-order valence-electron chi connectivity index (χ2n) is 12.7. The van der Waals surface area contributed by atoms with Crippen molar-refractivity contribution in [3.05, 3.63) is 108 Å². The molecule has 11 heteroatoms. The van der Waals surface area contributed by atoms with Crippen LogP contribution < -0.4 is 14.8 Å². The van der Waals surface area contributed by atoms with E-state index in [0.717, 1.165) is 21.9 Å². The summed E-state index contributed by atoms with van der Waals surface area (Å²) in [4.78, 5) is 44.3. The smallest absolute Gasteiger partial charge is 0.253 e. The van der Waals surface area contributed by atoms with Gasteiger partial charge in [-0.2, -0.15) is 0 Å². The van der Waals surface area contributed by atoms with Gasteiger partial charge in [0.05, 0.1) is 17.4 Å². The highest BCUT2D eigenvalue weighted by Crippen LogP contribution is 2.25. The minimum Gasteiger partial charge on any atom is -0.491 e. The maximum atomic E-state index is 14.3. The summed E-state index contributed by atoms with van der Waals surface area (Å²) in [7, 11) is -2.15. The average molecular weight is 669 g/mol. The normalized spacial score (nSPS) is 20.6. The number of ether oxygens (including phenoxy) is 1. The molecule has 6 rings (SSSR count). The Morgan fingerprint density at radius 3 is 2.50 bits per heavy atom. The maximum Gasteiger partial charge on any atom is 0.253 e. The monoisotopic (exact) mass is 668 g/mol. The highest BCUT2D eigenvalue weighted by atomic mass is 32.2. The Morgan fingerprint density at radius 2 is 1.71 bits per heavy atom. The predicted octanol–water partition coefficient (Wildman–Crippen LogP) is 4.07. The molecule has 3 amide bonds. The van der Waals surface area contributed by atoms with E-state index in [1.807, 2.05) is 49.4 Å². The first kappa shape index (κ1) is 33.2. The number of carbonyl (C=O) groups excluding carboxylic acids is 3. The summed E-state index contributed by atoms with van der Waals surface area (Å²) in [5, 5.41) is 5.06. The highest BCUT2D eigenvalue weighted by molar-refractivity contribution is 7.89. The van der Waals surface area contributed by atoms with Gasteiger partial charge in [0.25, 0.3) is 5.91 Å². The number of carbonyl (C=O) groups is 3. The molecular formula is C37H40N4O6S. The Labute approximate surface area is 281 Å². The number of nitrogens with zero attached hydrogens (tertiary/aromatic N) is 2. The van der Waals surface area contributed by atoms with Gasteiger partial charge in [0.15, 0.2) is 0 Å². The van der Waals surface area contributed by atoms with E-state index in [-0.39, 0.29) is 42.2 Å². The Bertz CT molecular complexity index is 1930. The van der Waals surface area contributed by atoms with E-state index in [1.165, 1.54) is 0 Å². The minimum absolute atomic E-state index is 0.0831. The van der Waals surface area contributed by atoms with Crippen LogP contribution in [0.3, 0.4) is 0 Å². The van der Waals surface area contributed by atoms with Gasteiger partial charge in [0.1, 0.15) is 18.4 Å². The van der Waals surface area contributed by atoms with Gasteiger partial charge in [-0.25, -0.2) is 13.1 Å². The molecule has 0 aromatic heterocycles. The van der Waals surface area contributed by atoms with Gasteiger partial charge < -0.3 is 19.9 Å². The average Bonchev–Trinajstić information content (AvgIpc) is 3.47. The molecular weight excluding hydrogens is 628 g/mol. The fraction of sp³-hybridized carbons (Fsp3) is 0.324. The van der Waals surface area contributed by atoms with Gasteiger partial charge in [-0.05, 0) is 72.9 Å². The van der Waals surface area contributed by atoms with Crippen molar-refractivity contribution in [2.24, 2.45) is 0 Å². The van der Waals surface area contributed by atoms with Crippen molar-refractivity contribution >= 4 is 38.5 Å². The molecule has 4 aromatic carbocycles. The van der Waals surface area contributed by atoms with Gasteiger partial charge in [-0.15, -0.1) is 0 Å². The van der Waals surface area contributed by atoms with E-state index in [0.29, 0.717) is 37.1 Å². The third-order valence-corrected chi connectivity index (χ3v) is 10.6. The van der Waals surface area contributed by atoms with Crippen molar-refractivity contribution in [2.45, 2.75) is 55.6 Å². The first-order chi connectivity index (χ1) is 23.1. The molecule has 0 radical (unpaired) electrons. The van der Waals surface area contributed by atoms with Gasteiger partial charge in [-0.1, -0.05) is 66.2 Å². The molecule has 2 N–H and O–H groups in total. The van der Waals surface area contributed by atoms with Crippen molar-refractivity contribution in [1.82, 2.24) is 19.8 Å². The standard InChI is InChI=1S/C37H40N4O6S/c1-25-12-16-33(17-13-25)48(45,46)39-30-22-31-24-47-32-10-5-9-29(21-32)36(43)40(2)18-6-11-34(37(44)41(31)23-30)38-35(42)20-26-14-15-27-7-3-4-8-28(27)19-26/h3-5,7-10,12-17,19,21,30-31,34,39H,6,11,18,20,22-24H2,1-2H3,(H,38,42)/t30-,31-,34-/m0/s1. The minimum atomic E-state index is -3.86. The predicted molar refractivity (Wildman–Crippen MR) is 183 cm³/mol. The molecule has 0 aliphatic carbocycles. The third kappa shape index (κ3) is 7.69. The molecule has 4 aromatic rings. The zero-order chi connectivity index (χ0) is 33.8. The Kier molecular flexibility index (Phi) is 9.79. The fourth-order valence-corrected chi connectivity index (χ4v) is 7.68. The van der Waals surface area contributed by atoms with Crippen LogP contribution >= 0.6 is 0 Å². The van der Waals surface area contributed by atoms with Crippen LogP contribution in [0.2, 0.25) is 0 Å². The lowest BCUT2D eigenvalue weighted by atomic mass is 10.0. The van der Waals surface area contributed by atoms with E-state index in [4.69, 9.17) is 4.74 Å². The van der Waals surface area contributed by atoms with E-state index in [1.54, 1.807) is 65.4 Å². The summed E-state index contributed by atoms with van der Waals surface area (Å²) in [6.07, 6.45) is 1.17. The number of rotatable bonds is 6. The molecule has 3 atom stereocenters. The van der Waals surface area contributed by atoms with Gasteiger partial charge >= 0.3 is 0 Å². The first-order valence-electron chi connectivity index (χ1n) is 16.2. The van der Waals surface area contributed by atoms with Crippen LogP contribution in [0.25, 0.3) is 10.8 Å². The van der Waals surface area contributed by atoms with Gasteiger partial charge in [0.2, 0.25) is 21.8 Å². The second kappa shape index (κ2) is 14.2. The SMILES string of the molecule is Cc1ccc(S(=O)(=O)N[C@H]2C[C@H]3COc4cccc(c4)C(=O)N(C)CCC[C@H](NC(=O)Cc4ccc5ccccc5c4)C(=O)N3C2)cc1. The van der Waals surface area contributed by atoms with Crippen molar-refractivity contribution in [3.63, 3.8) is 0 Å². The van der Waals surface area contributed by atoms with Crippen molar-refractivity contribution in [1.29, 1.82) is 0 Å². The van der Waals surface area contributed by atoms with Crippen molar-refractivity contribution in [2.75, 3.05) is 26.7 Å². The quantitative estimate of drug-likeness (QED) is 0.319. The van der Waals surface area contributed by atoms with Crippen LogP contribution in [0.5, 0.6) is 5.75 Å². The number of sulfonamides is 1. The molecule has 2 aliphatic rings. The Balaban J connectivity index is 1.25. The first-order valence-corrected chi connectivity index (χ1v) is 17.7. The molecule has 2 bridgehead atoms. The molecule has 10 nitrogen and oxygen atoms in total. The lowest BCUT2D eigenvalue weighted by molar-refractivity contribution is -0.137. The van der Waals surface area contributed by atoms with Gasteiger partial charge in [-0.3, -0.25) is 14.4 Å². The fourth-order valence-electron chi connectivity index (χ4n) is 6.44. The number of nitrogens with one attached hydrogen (secondary N) is 2. The molecule has 2 aliphatic heterocycles. The summed E-state index contributed by atoms with van der Waals surface area (Å²) in [5.41, 5.74) is 2.25. The van der Waals surface area contributed by atoms with Crippen LogP contribution in [0.15, 0.2) is 95.9 Å². The lowest BCUT2D eigenvalue weighted by Gasteiger charge is -2.30. The maximum absolute atomic E-state index is 14.3. The van der Waals surface area contributed by atoms with Crippen LogP contribution in [-0.4, -0.2) is 80.8 Å². The number of hydrogen-bond donors (Lipinski definition) is 2. The van der Waals surface area contributed by atoms with E-state index >= 15 is 0 Å². The number of fused-ring (bicyclic) bond motifs is 4. The van der Waals surface area contributed by atoms with Gasteiger partial charge in [0, 0.05) is 31.7 Å². The summed E-state index contributed by atoms with van der Waals surface area (Å²) in [6.45, 7) is 2.46. The third-order valence-electron chi connectivity index (χ3n) is 9.02. The van der Waals surface area contributed by atoms with E-state index in [2.05, 4.69) is 10.0 Å². The summed E-state index contributed by atoms with van der Waals surface area (Å²) in [6, 6.07) is 25.3. The Morgan fingerprint density at radius 1 is 0.938 bits per heavy atom. The summed E-state index contributed by atoms with van der Waals surface area (Å²) in [5.74, 6) is -0.309. The molecule has 1 saturated heterocycles. The number of hydrogen-bond acceptors (Lipinski definition) is 6. The highest BCUT2D eigenvalue weighted by Gasteiger charge is 2.40. The molecule has 1 fully saturated rings. The lowest BCUT2D eigenvalue weighted by Crippen LogP contribution is -2.52. The summed E-state index contributed by atoms with van der Waals surface area (Å²) < 4.78 is 35.5. The largest absolute Gasteiger partial charge is 0.491 e. The Hall–Kier alpha value is -4.74. The molecule has 2 heterocycles. The number of amides is 3. The zero-order valence-electron chi connectivity index (χ0n) is 27.1. The van der Waals surface area contributed by atoms with Crippen molar-refractivity contribution < 1.29 is 27.5 Å². The topological polar surface area (TPSA) is 125 Å². The van der Waals surface area contributed by atoms with Crippen molar-refractivity contribution in [3.8, 4) is 5.75 Å². The zero-order valence-corrected chi connectivity index (χ0v) is 27.9. The molecule has 48 heavy (non-hydrogen) atoms. The second-order valence-corrected chi connectivity index (χ2v) is 14.4. The number of aryl methyl sites for hydroxylation is 1. The molecule has 0 saturated carbocycles. The van der Waals surface area contributed by atoms with E-state index < -0.39 is 28.1 Å². The molecule has 0 spiro atoms. The molecule has 250 valence electrons. The summed E-state index contributed by atoms with van der Waals surface area (Å²) >= 11 is 0.